The van der Waals surface area contributed by atoms with Crippen LogP contribution in [0.1, 0.15) is 17.5 Å². The van der Waals surface area contributed by atoms with Crippen molar-refractivity contribution in [2.45, 2.75) is 12.5 Å². The highest BCUT2D eigenvalue weighted by Crippen LogP contribution is 2.16. The van der Waals surface area contributed by atoms with Gasteiger partial charge in [0.1, 0.15) is 5.76 Å². The van der Waals surface area contributed by atoms with Crippen molar-refractivity contribution in [3.8, 4) is 0 Å². The molecule has 2 N–H and O–H groups in total. The van der Waals surface area contributed by atoms with Crippen molar-refractivity contribution in [1.82, 2.24) is 9.97 Å². The Morgan fingerprint density at radius 1 is 1.11 bits per heavy atom. The van der Waals surface area contributed by atoms with E-state index in [4.69, 9.17) is 10.2 Å². The molecule has 2 aromatic heterocycles. The molecule has 0 radical (unpaired) electrons. The number of rotatable bonds is 3. The van der Waals surface area contributed by atoms with Crippen LogP contribution in [0.3, 0.4) is 0 Å². The average Bonchev–Trinajstić information content (AvgIpc) is 2.91. The lowest BCUT2D eigenvalue weighted by Gasteiger charge is -2.09. The summed E-state index contributed by atoms with van der Waals surface area (Å²) in [4.78, 5) is 8.88. The van der Waals surface area contributed by atoms with E-state index < -0.39 is 0 Å². The summed E-state index contributed by atoms with van der Waals surface area (Å²) in [7, 11) is 0. The van der Waals surface area contributed by atoms with Gasteiger partial charge in [-0.3, -0.25) is 4.98 Å². The smallest absolute Gasteiger partial charge is 0.105 e. The Morgan fingerprint density at radius 3 is 2.72 bits per heavy atom. The summed E-state index contributed by atoms with van der Waals surface area (Å²) in [5, 5.41) is 0. The monoisotopic (exact) mass is 239 g/mol. The minimum atomic E-state index is -0.201. The Bertz CT molecular complexity index is 649. The topological polar surface area (TPSA) is 64.9 Å². The molecule has 0 amide bonds. The molecule has 0 bridgehead atoms. The highest BCUT2D eigenvalue weighted by atomic mass is 16.3. The first kappa shape index (κ1) is 10.9. The molecule has 2 heterocycles. The zero-order valence-electron chi connectivity index (χ0n) is 9.78. The second-order valence-corrected chi connectivity index (χ2v) is 4.17. The number of aromatic nitrogens is 2. The molecule has 1 atom stereocenters. The van der Waals surface area contributed by atoms with Gasteiger partial charge in [-0.25, -0.2) is 4.98 Å². The first-order valence-corrected chi connectivity index (χ1v) is 5.82. The number of benzene rings is 1. The van der Waals surface area contributed by atoms with Gasteiger partial charge in [-0.15, -0.1) is 0 Å². The van der Waals surface area contributed by atoms with E-state index >= 15 is 0 Å². The number of hydrogen-bond donors (Lipinski definition) is 1. The summed E-state index contributed by atoms with van der Waals surface area (Å²) in [6, 6.07) is 11.3. The van der Waals surface area contributed by atoms with Crippen molar-refractivity contribution in [2.24, 2.45) is 5.73 Å². The molecule has 0 aliphatic heterocycles. The minimum Gasteiger partial charge on any atom is -0.469 e. The number of nitrogens with zero attached hydrogens (tertiary/aromatic N) is 2. The summed E-state index contributed by atoms with van der Waals surface area (Å²) >= 11 is 0. The fourth-order valence-electron chi connectivity index (χ4n) is 1.90. The Balaban J connectivity index is 1.89. The van der Waals surface area contributed by atoms with Crippen molar-refractivity contribution in [3.63, 3.8) is 0 Å². The highest BCUT2D eigenvalue weighted by molar-refractivity contribution is 5.73. The van der Waals surface area contributed by atoms with Crippen LogP contribution in [0, 0.1) is 0 Å². The molecular weight excluding hydrogens is 226 g/mol. The first-order chi connectivity index (χ1) is 8.83. The van der Waals surface area contributed by atoms with Gasteiger partial charge in [0.25, 0.3) is 0 Å². The van der Waals surface area contributed by atoms with E-state index in [1.54, 1.807) is 12.5 Å². The SMILES string of the molecule is NC(Cc1ccco1)c1cnc2ccccc2n1. The third kappa shape index (κ3) is 2.10. The van der Waals surface area contributed by atoms with Crippen LogP contribution in [0.4, 0.5) is 0 Å². The maximum atomic E-state index is 6.11. The molecule has 90 valence electrons. The molecule has 0 aliphatic rings. The summed E-state index contributed by atoms with van der Waals surface area (Å²) < 4.78 is 5.28. The van der Waals surface area contributed by atoms with Gasteiger partial charge in [0.2, 0.25) is 0 Å². The van der Waals surface area contributed by atoms with Gasteiger partial charge in [0.05, 0.1) is 35.2 Å². The standard InChI is InChI=1S/C14H13N3O/c15-11(8-10-4-3-7-18-10)14-9-16-12-5-1-2-6-13(12)17-14/h1-7,9,11H,8,15H2. The van der Waals surface area contributed by atoms with Gasteiger partial charge in [0, 0.05) is 6.42 Å². The summed E-state index contributed by atoms with van der Waals surface area (Å²) in [6.07, 6.45) is 4.00. The summed E-state index contributed by atoms with van der Waals surface area (Å²) in [6.45, 7) is 0. The molecule has 4 heteroatoms. The Morgan fingerprint density at radius 2 is 1.94 bits per heavy atom. The lowest BCUT2D eigenvalue weighted by molar-refractivity contribution is 0.486. The third-order valence-corrected chi connectivity index (χ3v) is 2.85. The number of hydrogen-bond acceptors (Lipinski definition) is 4. The second-order valence-electron chi connectivity index (χ2n) is 4.17. The normalized spacial score (nSPS) is 12.7. The molecule has 18 heavy (non-hydrogen) atoms. The summed E-state index contributed by atoms with van der Waals surface area (Å²) in [5.41, 5.74) is 8.64. The largest absolute Gasteiger partial charge is 0.469 e. The van der Waals surface area contributed by atoms with Crippen molar-refractivity contribution in [3.05, 3.63) is 60.3 Å². The predicted octanol–water partition coefficient (Wildman–Crippen LogP) is 2.47. The number of nitrogens with two attached hydrogens (primary N) is 1. The Hall–Kier alpha value is -2.20. The van der Waals surface area contributed by atoms with E-state index in [2.05, 4.69) is 9.97 Å². The van der Waals surface area contributed by atoms with E-state index in [0.29, 0.717) is 6.42 Å². The van der Waals surface area contributed by atoms with Crippen molar-refractivity contribution >= 4 is 11.0 Å². The van der Waals surface area contributed by atoms with E-state index in [1.165, 1.54) is 0 Å². The molecule has 3 rings (SSSR count). The predicted molar refractivity (Wildman–Crippen MR) is 68.9 cm³/mol. The zero-order chi connectivity index (χ0) is 12.4. The molecule has 4 nitrogen and oxygen atoms in total. The van der Waals surface area contributed by atoms with Crippen molar-refractivity contribution in [1.29, 1.82) is 0 Å². The number of furan rings is 1. The van der Waals surface area contributed by atoms with E-state index in [0.717, 1.165) is 22.5 Å². The van der Waals surface area contributed by atoms with Crippen LogP contribution in [-0.2, 0) is 6.42 Å². The van der Waals surface area contributed by atoms with Crippen molar-refractivity contribution < 1.29 is 4.42 Å². The van der Waals surface area contributed by atoms with Crippen molar-refractivity contribution in [2.75, 3.05) is 0 Å². The maximum absolute atomic E-state index is 6.11. The van der Waals surface area contributed by atoms with Crippen LogP contribution >= 0.6 is 0 Å². The quantitative estimate of drug-likeness (QED) is 0.762. The van der Waals surface area contributed by atoms with Gasteiger partial charge in [-0.2, -0.15) is 0 Å². The zero-order valence-corrected chi connectivity index (χ0v) is 9.78. The van der Waals surface area contributed by atoms with E-state index in [1.807, 2.05) is 36.4 Å². The molecule has 3 aromatic rings. The van der Waals surface area contributed by atoms with Crippen LogP contribution in [-0.4, -0.2) is 9.97 Å². The average molecular weight is 239 g/mol. The molecule has 1 aromatic carbocycles. The second kappa shape index (κ2) is 4.58. The molecule has 0 aliphatic carbocycles. The van der Waals surface area contributed by atoms with Gasteiger partial charge in [-0.05, 0) is 24.3 Å². The van der Waals surface area contributed by atoms with E-state index in [-0.39, 0.29) is 6.04 Å². The van der Waals surface area contributed by atoms with Crippen LogP contribution < -0.4 is 5.73 Å². The van der Waals surface area contributed by atoms with Gasteiger partial charge in [0.15, 0.2) is 0 Å². The molecule has 1 unspecified atom stereocenters. The fraction of sp³-hybridized carbons (Fsp3) is 0.143. The fourth-order valence-corrected chi connectivity index (χ4v) is 1.90. The van der Waals surface area contributed by atoms with Gasteiger partial charge >= 0.3 is 0 Å². The lowest BCUT2D eigenvalue weighted by atomic mass is 10.1. The van der Waals surface area contributed by atoms with Gasteiger partial charge in [-0.1, -0.05) is 12.1 Å². The summed E-state index contributed by atoms with van der Waals surface area (Å²) in [5.74, 6) is 0.859. The number of para-hydroxylation sites is 2. The molecule has 0 fully saturated rings. The molecule has 0 saturated heterocycles. The number of fused-ring (bicyclic) bond motifs is 1. The maximum Gasteiger partial charge on any atom is 0.105 e. The van der Waals surface area contributed by atoms with Crippen LogP contribution in [0.2, 0.25) is 0 Å². The van der Waals surface area contributed by atoms with E-state index in [9.17, 15) is 0 Å². The molecular formula is C14H13N3O. The first-order valence-electron chi connectivity index (χ1n) is 5.82. The van der Waals surface area contributed by atoms with Crippen LogP contribution in [0.5, 0.6) is 0 Å². The van der Waals surface area contributed by atoms with Gasteiger partial charge < -0.3 is 10.2 Å². The molecule has 0 spiro atoms. The Labute approximate surface area is 104 Å². The van der Waals surface area contributed by atoms with Crippen LogP contribution in [0.15, 0.2) is 53.3 Å². The lowest BCUT2D eigenvalue weighted by Crippen LogP contribution is -2.15. The van der Waals surface area contributed by atoms with Crippen LogP contribution in [0.25, 0.3) is 11.0 Å². The third-order valence-electron chi connectivity index (χ3n) is 2.85. The minimum absolute atomic E-state index is 0.201. The molecule has 0 saturated carbocycles. The Kier molecular flexibility index (Phi) is 2.78. The highest BCUT2D eigenvalue weighted by Gasteiger charge is 2.11.